The zero-order chi connectivity index (χ0) is 11.1. The van der Waals surface area contributed by atoms with Crippen LogP contribution in [0.2, 0.25) is 0 Å². The highest BCUT2D eigenvalue weighted by Gasteiger charge is 2.46. The highest BCUT2D eigenvalue weighted by atomic mass is 79.9. The summed E-state index contributed by atoms with van der Waals surface area (Å²) in [6, 6.07) is 4.97. The summed E-state index contributed by atoms with van der Waals surface area (Å²) in [7, 11) is 0. The number of hydrogen-bond donors (Lipinski definition) is 0. The van der Waals surface area contributed by atoms with Crippen molar-refractivity contribution >= 4 is 31.9 Å². The van der Waals surface area contributed by atoms with Crippen LogP contribution in [0, 0.1) is 11.2 Å². The van der Waals surface area contributed by atoms with Crippen molar-refractivity contribution in [2.24, 2.45) is 5.41 Å². The predicted octanol–water partition coefficient (Wildman–Crippen LogP) is 4.69. The predicted molar refractivity (Wildman–Crippen MR) is 67.9 cm³/mol. The minimum Gasteiger partial charge on any atom is -0.207 e. The van der Waals surface area contributed by atoms with Gasteiger partial charge in [0, 0.05) is 9.30 Å². The highest BCUT2D eigenvalue weighted by Crippen LogP contribution is 2.54. The van der Waals surface area contributed by atoms with Gasteiger partial charge in [-0.2, -0.15) is 0 Å². The molecule has 1 aliphatic rings. The van der Waals surface area contributed by atoms with Crippen LogP contribution in [0.15, 0.2) is 22.7 Å². The Labute approximate surface area is 107 Å². The van der Waals surface area contributed by atoms with E-state index in [0.717, 1.165) is 10.9 Å². The van der Waals surface area contributed by atoms with Crippen molar-refractivity contribution in [1.82, 2.24) is 0 Å². The Morgan fingerprint density at radius 2 is 2.13 bits per heavy atom. The number of alkyl halides is 1. The summed E-state index contributed by atoms with van der Waals surface area (Å²) in [5.74, 6) is -0.178. The molecule has 0 aromatic heterocycles. The lowest BCUT2D eigenvalue weighted by molar-refractivity contribution is 0.507. The number of benzene rings is 1. The second-order valence-corrected chi connectivity index (χ2v) is 6.62. The molecule has 82 valence electrons. The van der Waals surface area contributed by atoms with Crippen molar-refractivity contribution in [2.45, 2.75) is 31.0 Å². The van der Waals surface area contributed by atoms with Gasteiger partial charge in [0.15, 0.2) is 0 Å². The van der Waals surface area contributed by atoms with Crippen LogP contribution in [0.25, 0.3) is 0 Å². The average molecular weight is 336 g/mol. The Balaban J connectivity index is 2.18. The van der Waals surface area contributed by atoms with E-state index in [-0.39, 0.29) is 5.82 Å². The van der Waals surface area contributed by atoms with Gasteiger partial charge in [-0.25, -0.2) is 4.39 Å². The van der Waals surface area contributed by atoms with E-state index in [9.17, 15) is 4.39 Å². The molecule has 1 aromatic rings. The van der Waals surface area contributed by atoms with Crippen molar-refractivity contribution in [3.63, 3.8) is 0 Å². The molecule has 0 heterocycles. The van der Waals surface area contributed by atoms with Gasteiger partial charge in [0.25, 0.3) is 0 Å². The molecular weight excluding hydrogens is 323 g/mol. The first-order valence-electron chi connectivity index (χ1n) is 5.11. The largest absolute Gasteiger partial charge is 0.207 e. The van der Waals surface area contributed by atoms with Gasteiger partial charge in [-0.1, -0.05) is 44.8 Å². The molecule has 0 spiro atoms. The quantitative estimate of drug-likeness (QED) is 0.703. The van der Waals surface area contributed by atoms with Crippen LogP contribution in [-0.2, 0) is 6.42 Å². The number of hydrogen-bond acceptors (Lipinski definition) is 0. The molecule has 0 radical (unpaired) electrons. The topological polar surface area (TPSA) is 0 Å². The summed E-state index contributed by atoms with van der Waals surface area (Å²) in [6.07, 6.45) is 3.56. The molecule has 0 amide bonds. The van der Waals surface area contributed by atoms with Crippen molar-refractivity contribution in [3.8, 4) is 0 Å². The minimum absolute atomic E-state index is 0.178. The Morgan fingerprint density at radius 3 is 2.60 bits per heavy atom. The summed E-state index contributed by atoms with van der Waals surface area (Å²) in [5, 5.41) is 0. The van der Waals surface area contributed by atoms with E-state index >= 15 is 0 Å². The van der Waals surface area contributed by atoms with Gasteiger partial charge < -0.3 is 0 Å². The SMILES string of the molecule is CC(Br)C1(Cc2ccc(F)cc2Br)CC1. The summed E-state index contributed by atoms with van der Waals surface area (Å²) in [6.45, 7) is 2.20. The van der Waals surface area contributed by atoms with E-state index in [1.807, 2.05) is 6.07 Å². The second-order valence-electron chi connectivity index (χ2n) is 4.39. The lowest BCUT2D eigenvalue weighted by atomic mass is 9.94. The molecule has 1 unspecified atom stereocenters. The van der Waals surface area contributed by atoms with E-state index < -0.39 is 0 Å². The first-order chi connectivity index (χ1) is 7.03. The van der Waals surface area contributed by atoms with Gasteiger partial charge in [0.05, 0.1) is 0 Å². The number of halogens is 3. The molecule has 0 nitrogen and oxygen atoms in total. The van der Waals surface area contributed by atoms with E-state index in [2.05, 4.69) is 38.8 Å². The molecule has 0 N–H and O–H groups in total. The smallest absolute Gasteiger partial charge is 0.124 e. The molecule has 0 saturated heterocycles. The fourth-order valence-corrected chi connectivity index (χ4v) is 3.03. The van der Waals surface area contributed by atoms with Gasteiger partial charge >= 0.3 is 0 Å². The maximum Gasteiger partial charge on any atom is 0.124 e. The summed E-state index contributed by atoms with van der Waals surface area (Å²) in [4.78, 5) is 0.530. The zero-order valence-corrected chi connectivity index (χ0v) is 11.7. The molecule has 1 fully saturated rings. The van der Waals surface area contributed by atoms with Crippen molar-refractivity contribution in [3.05, 3.63) is 34.1 Å². The molecule has 1 saturated carbocycles. The van der Waals surface area contributed by atoms with Crippen molar-refractivity contribution in [2.75, 3.05) is 0 Å². The van der Waals surface area contributed by atoms with Crippen LogP contribution in [-0.4, -0.2) is 4.83 Å². The lowest BCUT2D eigenvalue weighted by Gasteiger charge is -2.18. The van der Waals surface area contributed by atoms with Crippen molar-refractivity contribution in [1.29, 1.82) is 0 Å². The van der Waals surface area contributed by atoms with Crippen LogP contribution in [0.5, 0.6) is 0 Å². The molecule has 0 bridgehead atoms. The average Bonchev–Trinajstić information content (AvgIpc) is 2.91. The molecule has 0 aliphatic heterocycles. The van der Waals surface area contributed by atoms with E-state index in [1.54, 1.807) is 6.07 Å². The molecule has 15 heavy (non-hydrogen) atoms. The van der Waals surface area contributed by atoms with Gasteiger partial charge in [-0.3, -0.25) is 0 Å². The van der Waals surface area contributed by atoms with Crippen LogP contribution in [0.4, 0.5) is 4.39 Å². The normalized spacial score (nSPS) is 20.0. The van der Waals surface area contributed by atoms with Crippen LogP contribution >= 0.6 is 31.9 Å². The molecular formula is C12H13Br2F. The van der Waals surface area contributed by atoms with Gasteiger partial charge in [0.1, 0.15) is 5.82 Å². The molecule has 1 aromatic carbocycles. The monoisotopic (exact) mass is 334 g/mol. The van der Waals surface area contributed by atoms with Crippen LogP contribution in [0.3, 0.4) is 0 Å². The Morgan fingerprint density at radius 1 is 1.47 bits per heavy atom. The first-order valence-corrected chi connectivity index (χ1v) is 6.82. The third-order valence-electron chi connectivity index (χ3n) is 3.29. The highest BCUT2D eigenvalue weighted by molar-refractivity contribution is 9.10. The maximum atomic E-state index is 12.9. The van der Waals surface area contributed by atoms with E-state index in [0.29, 0.717) is 10.2 Å². The summed E-state index contributed by atoms with van der Waals surface area (Å²) >= 11 is 7.09. The first kappa shape index (κ1) is 11.6. The van der Waals surface area contributed by atoms with E-state index in [1.165, 1.54) is 24.5 Å². The standard InChI is InChI=1S/C12H13Br2F/c1-8(13)12(4-5-12)7-9-2-3-10(15)6-11(9)14/h2-3,6,8H,4-5,7H2,1H3. The molecule has 3 heteroatoms. The minimum atomic E-state index is -0.178. The molecule has 1 aliphatic carbocycles. The van der Waals surface area contributed by atoms with Gasteiger partial charge in [-0.15, -0.1) is 0 Å². The van der Waals surface area contributed by atoms with Crippen LogP contribution in [0.1, 0.15) is 25.3 Å². The maximum absolute atomic E-state index is 12.9. The Hall–Kier alpha value is 0.110. The van der Waals surface area contributed by atoms with Gasteiger partial charge in [0.2, 0.25) is 0 Å². The Kier molecular flexibility index (Phi) is 3.22. The van der Waals surface area contributed by atoms with Crippen molar-refractivity contribution < 1.29 is 4.39 Å². The number of rotatable bonds is 3. The fourth-order valence-electron chi connectivity index (χ4n) is 1.92. The summed E-state index contributed by atoms with van der Waals surface area (Å²) in [5.41, 5.74) is 1.61. The third kappa shape index (κ3) is 2.44. The van der Waals surface area contributed by atoms with E-state index in [4.69, 9.17) is 0 Å². The second kappa shape index (κ2) is 4.17. The molecule has 1 atom stereocenters. The fraction of sp³-hybridized carbons (Fsp3) is 0.500. The van der Waals surface area contributed by atoms with Gasteiger partial charge in [-0.05, 0) is 42.4 Å². The zero-order valence-electron chi connectivity index (χ0n) is 8.56. The van der Waals surface area contributed by atoms with Crippen LogP contribution < -0.4 is 0 Å². The summed E-state index contributed by atoms with van der Waals surface area (Å²) < 4.78 is 13.8. The Bertz CT molecular complexity index is 370. The third-order valence-corrected chi connectivity index (χ3v) is 5.00. The lowest BCUT2D eigenvalue weighted by Crippen LogP contribution is -2.15. The molecule has 2 rings (SSSR count).